The summed E-state index contributed by atoms with van der Waals surface area (Å²) in [7, 11) is 0. The molecule has 0 heterocycles. The van der Waals surface area contributed by atoms with E-state index >= 15 is 0 Å². The minimum atomic E-state index is -0.764. The summed E-state index contributed by atoms with van der Waals surface area (Å²) in [6.45, 7) is 4.47. The van der Waals surface area contributed by atoms with Gasteiger partial charge in [0.15, 0.2) is 0 Å². The number of aliphatic hydroxyl groups excluding tert-OH is 2. The van der Waals surface area contributed by atoms with Crippen molar-refractivity contribution in [1.82, 2.24) is 0 Å². The zero-order valence-electron chi connectivity index (χ0n) is 16.2. The molecule has 0 rings (SSSR count). The van der Waals surface area contributed by atoms with Crippen LogP contribution in [0, 0.1) is 0 Å². The molecule has 0 saturated carbocycles. The molecule has 2 N–H and O–H groups in total. The molecule has 0 aromatic heterocycles. The van der Waals surface area contributed by atoms with Gasteiger partial charge in [-0.05, 0) is 19.3 Å². The van der Waals surface area contributed by atoms with Crippen molar-refractivity contribution < 1.29 is 14.9 Å². The van der Waals surface area contributed by atoms with Crippen LogP contribution in [-0.4, -0.2) is 35.6 Å². The lowest BCUT2D eigenvalue weighted by Gasteiger charge is -2.16. The third-order valence-corrected chi connectivity index (χ3v) is 4.38. The Labute approximate surface area is 150 Å². The van der Waals surface area contributed by atoms with Crippen molar-refractivity contribution in [2.45, 2.75) is 110 Å². The summed E-state index contributed by atoms with van der Waals surface area (Å²) >= 11 is 0. The van der Waals surface area contributed by atoms with Crippen LogP contribution in [0.15, 0.2) is 12.2 Å². The number of aliphatic hydroxyl groups is 2. The van der Waals surface area contributed by atoms with Crippen LogP contribution < -0.4 is 0 Å². The molecule has 0 bridgehead atoms. The summed E-state index contributed by atoms with van der Waals surface area (Å²) in [4.78, 5) is 0. The van der Waals surface area contributed by atoms with Crippen molar-refractivity contribution in [1.29, 1.82) is 0 Å². The van der Waals surface area contributed by atoms with Crippen LogP contribution in [0.5, 0.6) is 0 Å². The summed E-state index contributed by atoms with van der Waals surface area (Å²) in [5.74, 6) is 0. The van der Waals surface area contributed by atoms with Crippen molar-refractivity contribution >= 4 is 0 Å². The van der Waals surface area contributed by atoms with Crippen molar-refractivity contribution in [3.63, 3.8) is 0 Å². The Balaban J connectivity index is 3.91. The maximum Gasteiger partial charge on any atom is 0.100 e. The van der Waals surface area contributed by atoms with Crippen LogP contribution in [0.2, 0.25) is 0 Å². The van der Waals surface area contributed by atoms with Crippen molar-refractivity contribution in [3.05, 3.63) is 12.2 Å². The number of unbranched alkanes of at least 4 members (excludes halogenated alkanes) is 10. The van der Waals surface area contributed by atoms with E-state index in [4.69, 9.17) is 9.84 Å². The average molecular weight is 343 g/mol. The molecule has 0 aromatic carbocycles. The van der Waals surface area contributed by atoms with E-state index in [1.165, 1.54) is 70.6 Å². The van der Waals surface area contributed by atoms with Gasteiger partial charge in [0, 0.05) is 0 Å². The van der Waals surface area contributed by atoms with Gasteiger partial charge in [-0.1, -0.05) is 90.2 Å². The molecule has 2 unspecified atom stereocenters. The van der Waals surface area contributed by atoms with Gasteiger partial charge in [0.2, 0.25) is 0 Å². The predicted octanol–water partition coefficient (Wildman–Crippen LogP) is 5.39. The van der Waals surface area contributed by atoms with Crippen LogP contribution in [-0.2, 0) is 4.74 Å². The van der Waals surface area contributed by atoms with Gasteiger partial charge in [-0.2, -0.15) is 0 Å². The zero-order valence-corrected chi connectivity index (χ0v) is 16.2. The summed E-state index contributed by atoms with van der Waals surface area (Å²) in [5, 5.41) is 18.4. The van der Waals surface area contributed by atoms with Crippen LogP contribution >= 0.6 is 0 Å². The Hall–Kier alpha value is -0.380. The highest BCUT2D eigenvalue weighted by Crippen LogP contribution is 2.12. The molecule has 0 aliphatic heterocycles. The highest BCUT2D eigenvalue weighted by molar-refractivity contribution is 4.89. The number of ether oxygens (including phenoxy) is 1. The Kier molecular flexibility index (Phi) is 18.7. The number of rotatable bonds is 18. The molecule has 0 aliphatic carbocycles. The van der Waals surface area contributed by atoms with Gasteiger partial charge in [0.25, 0.3) is 0 Å². The summed E-state index contributed by atoms with van der Waals surface area (Å²) in [6, 6.07) is 0. The molecule has 0 aromatic rings. The van der Waals surface area contributed by atoms with Crippen LogP contribution in [0.25, 0.3) is 0 Å². The Morgan fingerprint density at radius 2 is 1.42 bits per heavy atom. The second-order valence-electron chi connectivity index (χ2n) is 6.90. The molecule has 0 radical (unpaired) electrons. The lowest BCUT2D eigenvalue weighted by Crippen LogP contribution is -2.23. The summed E-state index contributed by atoms with van der Waals surface area (Å²) in [5.41, 5.74) is 0. The van der Waals surface area contributed by atoms with E-state index in [2.05, 4.69) is 26.0 Å². The lowest BCUT2D eigenvalue weighted by molar-refractivity contribution is -0.0164. The van der Waals surface area contributed by atoms with E-state index in [0.717, 1.165) is 12.8 Å². The smallest absolute Gasteiger partial charge is 0.100 e. The maximum absolute atomic E-state index is 9.46. The first-order valence-corrected chi connectivity index (χ1v) is 10.3. The molecule has 2 atom stereocenters. The zero-order chi connectivity index (χ0) is 17.9. The standard InChI is InChI=1S/C21H42O3/c1-3-5-7-9-10-11-13-15-17-21(24-19-20(23)18-22)16-14-12-8-6-4-2/h15,17,20-23H,3-14,16,18-19H2,1-2H3/b17-15-. The topological polar surface area (TPSA) is 49.7 Å². The fraction of sp³-hybridized carbons (Fsp3) is 0.905. The third-order valence-electron chi connectivity index (χ3n) is 4.38. The SMILES string of the molecule is CCCCCCCC/C=C\C(CCCCCCC)OCC(O)CO. The van der Waals surface area contributed by atoms with Crippen molar-refractivity contribution in [3.8, 4) is 0 Å². The summed E-state index contributed by atoms with van der Waals surface area (Å²) < 4.78 is 5.76. The van der Waals surface area contributed by atoms with E-state index in [0.29, 0.717) is 0 Å². The molecule has 3 nitrogen and oxygen atoms in total. The number of hydrogen-bond donors (Lipinski definition) is 2. The molecular weight excluding hydrogens is 300 g/mol. The molecule has 0 spiro atoms. The first kappa shape index (κ1) is 23.6. The Bertz CT molecular complexity index is 266. The van der Waals surface area contributed by atoms with Crippen LogP contribution in [0.3, 0.4) is 0 Å². The van der Waals surface area contributed by atoms with E-state index in [1.807, 2.05) is 0 Å². The second kappa shape index (κ2) is 19.0. The molecule has 0 fully saturated rings. The quantitative estimate of drug-likeness (QED) is 0.259. The third kappa shape index (κ3) is 16.5. The van der Waals surface area contributed by atoms with Gasteiger partial charge in [-0.25, -0.2) is 0 Å². The molecule has 0 amide bonds. The predicted molar refractivity (Wildman–Crippen MR) is 103 cm³/mol. The van der Waals surface area contributed by atoms with Gasteiger partial charge in [-0.15, -0.1) is 0 Å². The van der Waals surface area contributed by atoms with E-state index in [1.54, 1.807) is 0 Å². The normalized spacial score (nSPS) is 14.3. The first-order chi connectivity index (χ1) is 11.7. The molecule has 3 heteroatoms. The fourth-order valence-electron chi connectivity index (χ4n) is 2.76. The first-order valence-electron chi connectivity index (χ1n) is 10.3. The summed E-state index contributed by atoms with van der Waals surface area (Å²) in [6.07, 6.45) is 20.1. The van der Waals surface area contributed by atoms with Crippen molar-refractivity contribution in [2.75, 3.05) is 13.2 Å². The van der Waals surface area contributed by atoms with Gasteiger partial charge in [0.05, 0.1) is 19.3 Å². The van der Waals surface area contributed by atoms with Crippen LogP contribution in [0.1, 0.15) is 97.3 Å². The highest BCUT2D eigenvalue weighted by atomic mass is 16.5. The molecule has 144 valence electrons. The van der Waals surface area contributed by atoms with E-state index in [-0.39, 0.29) is 19.3 Å². The van der Waals surface area contributed by atoms with E-state index < -0.39 is 6.10 Å². The van der Waals surface area contributed by atoms with Crippen molar-refractivity contribution in [2.24, 2.45) is 0 Å². The van der Waals surface area contributed by atoms with Crippen LogP contribution in [0.4, 0.5) is 0 Å². The monoisotopic (exact) mass is 342 g/mol. The lowest BCUT2D eigenvalue weighted by atomic mass is 10.1. The number of hydrogen-bond acceptors (Lipinski definition) is 3. The molecule has 24 heavy (non-hydrogen) atoms. The van der Waals surface area contributed by atoms with Gasteiger partial charge < -0.3 is 14.9 Å². The van der Waals surface area contributed by atoms with E-state index in [9.17, 15) is 5.11 Å². The fourth-order valence-corrected chi connectivity index (χ4v) is 2.76. The molecular formula is C21H42O3. The highest BCUT2D eigenvalue weighted by Gasteiger charge is 2.08. The maximum atomic E-state index is 9.46. The molecule has 0 saturated heterocycles. The minimum Gasteiger partial charge on any atom is -0.394 e. The van der Waals surface area contributed by atoms with Gasteiger partial charge >= 0.3 is 0 Å². The molecule has 0 aliphatic rings. The minimum absolute atomic E-state index is 0.0768. The average Bonchev–Trinajstić information content (AvgIpc) is 2.60. The Morgan fingerprint density at radius 3 is 2.04 bits per heavy atom. The van der Waals surface area contributed by atoms with Gasteiger partial charge in [-0.3, -0.25) is 0 Å². The largest absolute Gasteiger partial charge is 0.394 e. The second-order valence-corrected chi connectivity index (χ2v) is 6.90. The Morgan fingerprint density at radius 1 is 0.833 bits per heavy atom. The number of allylic oxidation sites excluding steroid dienone is 1. The van der Waals surface area contributed by atoms with Gasteiger partial charge in [0.1, 0.15) is 6.10 Å².